The largest absolute Gasteiger partial charge is 0.338 e. The fourth-order valence-corrected chi connectivity index (χ4v) is 4.73. The molecule has 1 aromatic carbocycles. The number of nitrogens with zero attached hydrogens (tertiary/aromatic N) is 4. The maximum Gasteiger partial charge on any atom is 0.252 e. The summed E-state index contributed by atoms with van der Waals surface area (Å²) in [5, 5.41) is 12.1. The molecule has 3 N–H and O–H groups in total. The summed E-state index contributed by atoms with van der Waals surface area (Å²) in [6.07, 6.45) is 9.70. The Morgan fingerprint density at radius 2 is 1.97 bits per heavy atom. The van der Waals surface area contributed by atoms with Crippen LogP contribution in [0, 0.1) is 5.82 Å². The van der Waals surface area contributed by atoms with Crippen molar-refractivity contribution in [2.75, 3.05) is 6.54 Å². The standard InChI is InChI=1S/C26H24FN7O/c1-34-14-17(11-31-34)20-10-18-21(13-29-20)32-25-24(18)23(19(27)12-30-25)15-5-7-16(8-6-15)26(35)33-22-4-2-3-9-28-22/h5-8,10-14,22,28H,2-4,9H2,1H3,(H,30,32)(H,33,35). The number of benzene rings is 1. The highest BCUT2D eigenvalue weighted by atomic mass is 19.1. The molecule has 0 radical (unpaired) electrons. The molecule has 9 heteroatoms. The van der Waals surface area contributed by atoms with Crippen LogP contribution in [0.5, 0.6) is 0 Å². The zero-order valence-electron chi connectivity index (χ0n) is 19.2. The van der Waals surface area contributed by atoms with Crippen LogP contribution < -0.4 is 10.6 Å². The molecule has 5 heterocycles. The van der Waals surface area contributed by atoms with E-state index in [0.717, 1.165) is 48.0 Å². The molecule has 6 rings (SSSR count). The fraction of sp³-hybridized carbons (Fsp3) is 0.231. The number of piperidine rings is 1. The van der Waals surface area contributed by atoms with Crippen LogP contribution in [0.2, 0.25) is 0 Å². The number of hydrogen-bond donors (Lipinski definition) is 3. The second-order valence-corrected chi connectivity index (χ2v) is 8.90. The molecule has 1 unspecified atom stereocenters. The summed E-state index contributed by atoms with van der Waals surface area (Å²) in [5.41, 5.74) is 4.60. The number of pyridine rings is 2. The van der Waals surface area contributed by atoms with Gasteiger partial charge in [-0.2, -0.15) is 5.10 Å². The lowest BCUT2D eigenvalue weighted by Crippen LogP contribution is -2.47. The van der Waals surface area contributed by atoms with E-state index in [4.69, 9.17) is 0 Å². The smallest absolute Gasteiger partial charge is 0.252 e. The lowest BCUT2D eigenvalue weighted by atomic mass is 9.99. The molecule has 1 saturated heterocycles. The molecule has 176 valence electrons. The highest BCUT2D eigenvalue weighted by molar-refractivity contribution is 6.13. The Morgan fingerprint density at radius 1 is 1.11 bits per heavy atom. The van der Waals surface area contributed by atoms with Crippen LogP contribution in [0.25, 0.3) is 44.3 Å². The monoisotopic (exact) mass is 469 g/mol. The van der Waals surface area contributed by atoms with Gasteiger partial charge in [0.25, 0.3) is 5.91 Å². The first kappa shape index (κ1) is 21.4. The van der Waals surface area contributed by atoms with Crippen molar-refractivity contribution in [1.29, 1.82) is 0 Å². The summed E-state index contributed by atoms with van der Waals surface area (Å²) in [4.78, 5) is 24.7. The van der Waals surface area contributed by atoms with E-state index >= 15 is 4.39 Å². The number of nitrogens with one attached hydrogen (secondary N) is 3. The number of carbonyl (C=O) groups excluding carboxylic acids is 1. The van der Waals surface area contributed by atoms with Crippen molar-refractivity contribution in [3.8, 4) is 22.4 Å². The molecule has 5 aromatic rings. The number of fused-ring (bicyclic) bond motifs is 3. The van der Waals surface area contributed by atoms with Crippen molar-refractivity contribution in [2.45, 2.75) is 25.4 Å². The molecule has 1 aliphatic rings. The van der Waals surface area contributed by atoms with Gasteiger partial charge in [-0.25, -0.2) is 9.37 Å². The van der Waals surface area contributed by atoms with Gasteiger partial charge >= 0.3 is 0 Å². The van der Waals surface area contributed by atoms with Gasteiger partial charge in [0.05, 0.1) is 36.0 Å². The SMILES string of the molecule is Cn1cc(-c2cc3c(cn2)[nH]c2ncc(F)c(-c4ccc(C(=O)NC5CCCCN5)cc4)c23)cn1. The van der Waals surface area contributed by atoms with Crippen LogP contribution in [0.1, 0.15) is 29.6 Å². The lowest BCUT2D eigenvalue weighted by Gasteiger charge is -2.24. The van der Waals surface area contributed by atoms with Crippen molar-refractivity contribution >= 4 is 27.8 Å². The van der Waals surface area contributed by atoms with E-state index in [1.54, 1.807) is 41.3 Å². The third-order valence-corrected chi connectivity index (χ3v) is 6.51. The van der Waals surface area contributed by atoms with E-state index in [2.05, 4.69) is 30.7 Å². The van der Waals surface area contributed by atoms with E-state index in [1.807, 2.05) is 19.3 Å². The Labute approximate surface area is 200 Å². The van der Waals surface area contributed by atoms with Gasteiger partial charge in [0.2, 0.25) is 0 Å². The van der Waals surface area contributed by atoms with Crippen LogP contribution in [-0.4, -0.2) is 43.4 Å². The average Bonchev–Trinajstić information content (AvgIpc) is 3.48. The molecule has 1 atom stereocenters. The maximum atomic E-state index is 15.2. The van der Waals surface area contributed by atoms with Crippen LogP contribution in [0.3, 0.4) is 0 Å². The van der Waals surface area contributed by atoms with E-state index in [0.29, 0.717) is 27.7 Å². The summed E-state index contributed by atoms with van der Waals surface area (Å²) >= 11 is 0. The van der Waals surface area contributed by atoms with E-state index in [-0.39, 0.29) is 12.1 Å². The molecule has 1 fully saturated rings. The third-order valence-electron chi connectivity index (χ3n) is 6.51. The van der Waals surface area contributed by atoms with Gasteiger partial charge < -0.3 is 10.3 Å². The average molecular weight is 470 g/mol. The second kappa shape index (κ2) is 8.59. The number of amides is 1. The molecule has 1 aliphatic heterocycles. The molecular formula is C26H24FN7O. The van der Waals surface area contributed by atoms with Crippen molar-refractivity contribution in [2.24, 2.45) is 7.05 Å². The van der Waals surface area contributed by atoms with Gasteiger partial charge in [-0.15, -0.1) is 0 Å². The van der Waals surface area contributed by atoms with Gasteiger partial charge in [-0.05, 0) is 49.6 Å². The van der Waals surface area contributed by atoms with Gasteiger partial charge in [0.1, 0.15) is 11.5 Å². The predicted molar refractivity (Wildman–Crippen MR) is 132 cm³/mol. The number of aromatic nitrogens is 5. The summed E-state index contributed by atoms with van der Waals surface area (Å²) in [6.45, 7) is 0.907. The zero-order chi connectivity index (χ0) is 23.9. The van der Waals surface area contributed by atoms with Crippen LogP contribution in [0.4, 0.5) is 4.39 Å². The predicted octanol–water partition coefficient (Wildman–Crippen LogP) is 4.15. The number of aryl methyl sites for hydroxylation is 1. The minimum atomic E-state index is -0.429. The van der Waals surface area contributed by atoms with Gasteiger partial charge in [0.15, 0.2) is 0 Å². The molecule has 0 aliphatic carbocycles. The summed E-state index contributed by atoms with van der Waals surface area (Å²) in [6, 6.07) is 8.95. The molecule has 8 nitrogen and oxygen atoms in total. The first-order chi connectivity index (χ1) is 17.1. The van der Waals surface area contributed by atoms with Crippen LogP contribution in [0.15, 0.2) is 55.1 Å². The van der Waals surface area contributed by atoms with E-state index < -0.39 is 5.82 Å². The van der Waals surface area contributed by atoms with Crippen LogP contribution >= 0.6 is 0 Å². The highest BCUT2D eigenvalue weighted by Crippen LogP contribution is 2.36. The summed E-state index contributed by atoms with van der Waals surface area (Å²) in [5.74, 6) is -0.572. The quantitative estimate of drug-likeness (QED) is 0.367. The number of halogens is 1. The molecule has 0 saturated carbocycles. The number of rotatable bonds is 4. The van der Waals surface area contributed by atoms with Gasteiger partial charge in [0, 0.05) is 40.7 Å². The Hall–Kier alpha value is -4.11. The Morgan fingerprint density at radius 3 is 2.71 bits per heavy atom. The van der Waals surface area contributed by atoms with Crippen molar-refractivity contribution in [3.05, 3.63) is 66.5 Å². The molecule has 35 heavy (non-hydrogen) atoms. The fourth-order valence-electron chi connectivity index (χ4n) is 4.73. The number of aromatic amines is 1. The maximum absolute atomic E-state index is 15.2. The topological polar surface area (TPSA) is 101 Å². The van der Waals surface area contributed by atoms with Gasteiger partial charge in [-0.3, -0.25) is 19.8 Å². The minimum absolute atomic E-state index is 0.0120. The minimum Gasteiger partial charge on any atom is -0.338 e. The zero-order valence-corrected chi connectivity index (χ0v) is 19.2. The normalized spacial score (nSPS) is 16.1. The number of hydrogen-bond acceptors (Lipinski definition) is 5. The van der Waals surface area contributed by atoms with E-state index in [1.165, 1.54) is 6.20 Å². The summed E-state index contributed by atoms with van der Waals surface area (Å²) < 4.78 is 16.9. The Kier molecular flexibility index (Phi) is 5.26. The molecule has 0 bridgehead atoms. The lowest BCUT2D eigenvalue weighted by molar-refractivity contribution is 0.0921. The van der Waals surface area contributed by atoms with Gasteiger partial charge in [-0.1, -0.05) is 12.1 Å². The van der Waals surface area contributed by atoms with Crippen molar-refractivity contribution in [1.82, 2.24) is 35.4 Å². The highest BCUT2D eigenvalue weighted by Gasteiger charge is 2.19. The van der Waals surface area contributed by atoms with Crippen LogP contribution in [-0.2, 0) is 7.05 Å². The molecular weight excluding hydrogens is 445 g/mol. The Balaban J connectivity index is 1.40. The van der Waals surface area contributed by atoms with Crippen molar-refractivity contribution in [3.63, 3.8) is 0 Å². The van der Waals surface area contributed by atoms with E-state index in [9.17, 15) is 4.79 Å². The van der Waals surface area contributed by atoms with Crippen molar-refractivity contribution < 1.29 is 9.18 Å². The number of H-pyrrole nitrogens is 1. The first-order valence-corrected chi connectivity index (χ1v) is 11.7. The summed E-state index contributed by atoms with van der Waals surface area (Å²) in [7, 11) is 1.85. The first-order valence-electron chi connectivity index (χ1n) is 11.7. The third kappa shape index (κ3) is 3.93. The molecule has 0 spiro atoms. The Bertz CT molecular complexity index is 1550. The second-order valence-electron chi connectivity index (χ2n) is 8.90. The number of carbonyl (C=O) groups is 1. The molecule has 1 amide bonds. The molecule has 4 aromatic heterocycles.